The highest BCUT2D eigenvalue weighted by molar-refractivity contribution is 7.20. The summed E-state index contributed by atoms with van der Waals surface area (Å²) in [6, 6.07) is 5.15. The lowest BCUT2D eigenvalue weighted by atomic mass is 10.2. The number of fused-ring (bicyclic) bond motifs is 1. The number of pyridine rings is 1. The fourth-order valence-corrected chi connectivity index (χ4v) is 3.58. The summed E-state index contributed by atoms with van der Waals surface area (Å²) in [5.41, 5.74) is 5.85. The van der Waals surface area contributed by atoms with E-state index >= 15 is 0 Å². The zero-order valence-corrected chi connectivity index (χ0v) is 14.0. The molecule has 3 rings (SSSR count). The zero-order chi connectivity index (χ0) is 18.1. The van der Waals surface area contributed by atoms with E-state index in [0.717, 1.165) is 11.3 Å². The second kappa shape index (κ2) is 6.44. The van der Waals surface area contributed by atoms with Crippen LogP contribution in [0.2, 0.25) is 0 Å². The van der Waals surface area contributed by atoms with Crippen LogP contribution in [0.25, 0.3) is 21.7 Å². The number of carboxylic acid groups (broad SMARTS) is 1. The van der Waals surface area contributed by atoms with Crippen molar-refractivity contribution in [2.75, 3.05) is 0 Å². The van der Waals surface area contributed by atoms with E-state index < -0.39 is 17.4 Å². The SMILES string of the molecule is Cc1c(C(N)=O)sc2nc(-c3ccccn3)n(CCC(=O)O)c(=O)c12. The number of carbonyl (C=O) groups is 2. The number of primary amides is 1. The molecule has 3 aromatic heterocycles. The Balaban J connectivity index is 2.33. The fraction of sp³-hybridized carbons (Fsp3) is 0.188. The van der Waals surface area contributed by atoms with Crippen molar-refractivity contribution >= 4 is 33.4 Å². The van der Waals surface area contributed by atoms with Gasteiger partial charge in [-0.2, -0.15) is 0 Å². The molecule has 0 bridgehead atoms. The summed E-state index contributed by atoms with van der Waals surface area (Å²) in [7, 11) is 0. The van der Waals surface area contributed by atoms with Gasteiger partial charge >= 0.3 is 5.97 Å². The number of hydrogen-bond donors (Lipinski definition) is 2. The van der Waals surface area contributed by atoms with Gasteiger partial charge in [0.2, 0.25) is 0 Å². The van der Waals surface area contributed by atoms with Crippen LogP contribution >= 0.6 is 11.3 Å². The van der Waals surface area contributed by atoms with Crippen LogP contribution in [0.5, 0.6) is 0 Å². The van der Waals surface area contributed by atoms with E-state index in [1.54, 1.807) is 31.3 Å². The first-order valence-corrected chi connectivity index (χ1v) is 8.18. The molecule has 0 atom stereocenters. The van der Waals surface area contributed by atoms with E-state index in [4.69, 9.17) is 10.8 Å². The number of amides is 1. The van der Waals surface area contributed by atoms with Gasteiger partial charge in [-0.1, -0.05) is 6.07 Å². The van der Waals surface area contributed by atoms with Gasteiger partial charge in [-0.25, -0.2) is 4.98 Å². The standard InChI is InChI=1S/C16H14N4O4S/c1-8-11-15(25-12(8)13(17)23)19-14(9-4-2-3-6-18-9)20(16(11)24)7-5-10(21)22/h2-4,6H,5,7H2,1H3,(H2,17,23)(H,21,22). The Kier molecular flexibility index (Phi) is 4.32. The predicted octanol–water partition coefficient (Wildman–Crippen LogP) is 1.40. The van der Waals surface area contributed by atoms with Crippen molar-refractivity contribution in [3.05, 3.63) is 45.2 Å². The first-order valence-electron chi connectivity index (χ1n) is 7.37. The Hall–Kier alpha value is -3.07. The van der Waals surface area contributed by atoms with Crippen molar-refractivity contribution in [1.29, 1.82) is 0 Å². The third kappa shape index (κ3) is 3.01. The molecule has 9 heteroatoms. The summed E-state index contributed by atoms with van der Waals surface area (Å²) in [6.07, 6.45) is 1.32. The lowest BCUT2D eigenvalue weighted by molar-refractivity contribution is -0.137. The number of carboxylic acids is 1. The Morgan fingerprint density at radius 2 is 2.12 bits per heavy atom. The third-order valence-electron chi connectivity index (χ3n) is 3.72. The minimum Gasteiger partial charge on any atom is -0.481 e. The monoisotopic (exact) mass is 358 g/mol. The lowest BCUT2D eigenvalue weighted by Gasteiger charge is -2.11. The van der Waals surface area contributed by atoms with Gasteiger partial charge in [-0.15, -0.1) is 11.3 Å². The van der Waals surface area contributed by atoms with E-state index in [2.05, 4.69) is 9.97 Å². The maximum absolute atomic E-state index is 12.9. The summed E-state index contributed by atoms with van der Waals surface area (Å²) in [6.45, 7) is 1.58. The highest BCUT2D eigenvalue weighted by atomic mass is 32.1. The predicted molar refractivity (Wildman–Crippen MR) is 92.6 cm³/mol. The summed E-state index contributed by atoms with van der Waals surface area (Å²) in [4.78, 5) is 44.8. The van der Waals surface area contributed by atoms with Gasteiger partial charge in [0.25, 0.3) is 11.5 Å². The van der Waals surface area contributed by atoms with E-state index in [0.29, 0.717) is 16.1 Å². The Bertz CT molecular complexity index is 1040. The van der Waals surface area contributed by atoms with Crippen LogP contribution in [0.15, 0.2) is 29.2 Å². The number of aromatic nitrogens is 3. The fourth-order valence-electron chi connectivity index (χ4n) is 2.56. The molecule has 128 valence electrons. The van der Waals surface area contributed by atoms with Crippen LogP contribution < -0.4 is 11.3 Å². The molecule has 0 aliphatic heterocycles. The summed E-state index contributed by atoms with van der Waals surface area (Å²) in [5, 5.41) is 9.24. The second-order valence-electron chi connectivity index (χ2n) is 5.35. The molecular formula is C16H14N4O4S. The van der Waals surface area contributed by atoms with Gasteiger partial charge in [-0.3, -0.25) is 23.9 Å². The molecule has 25 heavy (non-hydrogen) atoms. The number of nitrogens with zero attached hydrogens (tertiary/aromatic N) is 3. The quantitative estimate of drug-likeness (QED) is 0.709. The molecule has 8 nitrogen and oxygen atoms in total. The molecule has 0 fully saturated rings. The number of hydrogen-bond acceptors (Lipinski definition) is 6. The van der Waals surface area contributed by atoms with E-state index in [1.807, 2.05) is 0 Å². The minimum absolute atomic E-state index is 0.0514. The number of rotatable bonds is 5. The average molecular weight is 358 g/mol. The molecule has 3 heterocycles. The third-order valence-corrected chi connectivity index (χ3v) is 4.92. The van der Waals surface area contributed by atoms with Crippen LogP contribution in [0.1, 0.15) is 21.7 Å². The first-order chi connectivity index (χ1) is 11.9. The number of aryl methyl sites for hydroxylation is 1. The van der Waals surface area contributed by atoms with Crippen molar-refractivity contribution in [3.8, 4) is 11.5 Å². The van der Waals surface area contributed by atoms with Crippen molar-refractivity contribution < 1.29 is 14.7 Å². The molecule has 0 unspecified atom stereocenters. The van der Waals surface area contributed by atoms with Crippen LogP contribution in [-0.4, -0.2) is 31.5 Å². The van der Waals surface area contributed by atoms with E-state index in [-0.39, 0.29) is 29.1 Å². The van der Waals surface area contributed by atoms with Crippen molar-refractivity contribution in [1.82, 2.24) is 14.5 Å². The van der Waals surface area contributed by atoms with Gasteiger partial charge < -0.3 is 10.8 Å². The minimum atomic E-state index is -1.03. The van der Waals surface area contributed by atoms with Crippen LogP contribution in [-0.2, 0) is 11.3 Å². The summed E-state index contributed by atoms with van der Waals surface area (Å²) in [5.74, 6) is -1.40. The molecule has 0 saturated carbocycles. The second-order valence-corrected chi connectivity index (χ2v) is 6.35. The van der Waals surface area contributed by atoms with Gasteiger partial charge in [0.1, 0.15) is 10.5 Å². The van der Waals surface area contributed by atoms with Crippen LogP contribution in [0, 0.1) is 6.92 Å². The lowest BCUT2D eigenvalue weighted by Crippen LogP contribution is -2.25. The van der Waals surface area contributed by atoms with Gasteiger partial charge in [-0.05, 0) is 24.6 Å². The topological polar surface area (TPSA) is 128 Å². The molecule has 0 saturated heterocycles. The van der Waals surface area contributed by atoms with Crippen molar-refractivity contribution in [2.24, 2.45) is 5.73 Å². The Morgan fingerprint density at radius 3 is 2.72 bits per heavy atom. The highest BCUT2D eigenvalue weighted by Crippen LogP contribution is 2.28. The smallest absolute Gasteiger partial charge is 0.305 e. The zero-order valence-electron chi connectivity index (χ0n) is 13.2. The number of nitrogens with two attached hydrogens (primary N) is 1. The normalized spacial score (nSPS) is 10.9. The molecule has 0 spiro atoms. The molecule has 3 N–H and O–H groups in total. The first kappa shape index (κ1) is 16.8. The molecule has 0 radical (unpaired) electrons. The van der Waals surface area contributed by atoms with E-state index in [9.17, 15) is 14.4 Å². The number of thiophene rings is 1. The maximum Gasteiger partial charge on any atom is 0.305 e. The van der Waals surface area contributed by atoms with Crippen molar-refractivity contribution in [2.45, 2.75) is 19.9 Å². The van der Waals surface area contributed by atoms with Crippen molar-refractivity contribution in [3.63, 3.8) is 0 Å². The molecular weight excluding hydrogens is 344 g/mol. The molecule has 0 aliphatic rings. The largest absolute Gasteiger partial charge is 0.481 e. The van der Waals surface area contributed by atoms with Crippen LogP contribution in [0.3, 0.4) is 0 Å². The van der Waals surface area contributed by atoms with Crippen LogP contribution in [0.4, 0.5) is 0 Å². The summed E-state index contributed by atoms with van der Waals surface area (Å²) >= 11 is 1.05. The van der Waals surface area contributed by atoms with E-state index in [1.165, 1.54) is 4.57 Å². The average Bonchev–Trinajstić information content (AvgIpc) is 2.91. The Labute approximate surface area is 145 Å². The highest BCUT2D eigenvalue weighted by Gasteiger charge is 2.21. The Morgan fingerprint density at radius 1 is 1.36 bits per heavy atom. The van der Waals surface area contributed by atoms with Gasteiger partial charge in [0, 0.05) is 12.7 Å². The molecule has 3 aromatic rings. The maximum atomic E-state index is 12.9. The molecule has 0 aliphatic carbocycles. The molecule has 1 amide bonds. The van der Waals surface area contributed by atoms with Gasteiger partial charge in [0.15, 0.2) is 5.82 Å². The molecule has 0 aromatic carbocycles. The number of carbonyl (C=O) groups excluding carboxylic acids is 1. The van der Waals surface area contributed by atoms with Gasteiger partial charge in [0.05, 0.1) is 16.7 Å². The summed E-state index contributed by atoms with van der Waals surface area (Å²) < 4.78 is 1.28. The number of aliphatic carboxylic acids is 1.